The highest BCUT2D eigenvalue weighted by Crippen LogP contribution is 2.08. The molecule has 2 aliphatic heterocycles. The molecule has 0 aromatic heterocycles. The Morgan fingerprint density at radius 1 is 1.29 bits per heavy atom. The molecule has 0 amide bonds. The maximum absolute atomic E-state index is 11.9. The monoisotopic (exact) mass is 295 g/mol. The molecule has 2 aliphatic rings. The molecule has 0 radical (unpaired) electrons. The van der Waals surface area contributed by atoms with Crippen molar-refractivity contribution in [1.82, 2.24) is 15.1 Å². The minimum absolute atomic E-state index is 0.207. The zero-order valence-electron chi connectivity index (χ0n) is 12.8. The molecular weight excluding hydrogens is 270 g/mol. The third kappa shape index (κ3) is 5.29. The summed E-state index contributed by atoms with van der Waals surface area (Å²) in [7, 11) is 0. The summed E-state index contributed by atoms with van der Waals surface area (Å²) in [6.45, 7) is 9.58. The molecule has 2 heterocycles. The molecule has 2 rings (SSSR count). The van der Waals surface area contributed by atoms with Crippen LogP contribution in [0.1, 0.15) is 6.92 Å². The van der Waals surface area contributed by atoms with Gasteiger partial charge in [0, 0.05) is 32.7 Å². The normalized spacial score (nSPS) is 24.1. The van der Waals surface area contributed by atoms with Gasteiger partial charge >= 0.3 is 5.97 Å². The Balaban J connectivity index is 1.78. The van der Waals surface area contributed by atoms with Crippen LogP contribution in [0.25, 0.3) is 0 Å². The summed E-state index contributed by atoms with van der Waals surface area (Å²) in [6.07, 6.45) is 0. The summed E-state index contributed by atoms with van der Waals surface area (Å²) in [5.41, 5.74) is 0. The molecule has 0 spiro atoms. The zero-order chi connectivity index (χ0) is 14.9. The van der Waals surface area contributed by atoms with Gasteiger partial charge in [0.25, 0.3) is 0 Å². The molecule has 2 saturated heterocycles. The number of nitrogens with zero attached hydrogens (tertiary/aromatic N) is 2. The molecule has 21 heavy (non-hydrogen) atoms. The van der Waals surface area contributed by atoms with E-state index in [0.29, 0.717) is 26.4 Å². The van der Waals surface area contributed by atoms with Crippen LogP contribution in [0.4, 0.5) is 0 Å². The lowest BCUT2D eigenvalue weighted by molar-refractivity contribution is -0.155. The van der Waals surface area contributed by atoms with E-state index in [1.807, 2.05) is 11.8 Å². The molecule has 6 nitrogen and oxygen atoms in total. The van der Waals surface area contributed by atoms with E-state index in [0.717, 1.165) is 39.3 Å². The minimum atomic E-state index is -0.313. The molecule has 118 valence electrons. The van der Waals surface area contributed by atoms with E-state index < -0.39 is 0 Å². The van der Waals surface area contributed by atoms with Crippen LogP contribution in [-0.4, -0.2) is 87.4 Å². The zero-order valence-corrected chi connectivity index (χ0v) is 12.8. The van der Waals surface area contributed by atoms with Crippen molar-refractivity contribution in [3.63, 3.8) is 0 Å². The number of hydrogen-bond donors (Lipinski definition) is 1. The van der Waals surface area contributed by atoms with Crippen molar-refractivity contribution in [2.75, 3.05) is 65.6 Å². The minimum Gasteiger partial charge on any atom is -0.465 e. The maximum Gasteiger partial charge on any atom is 0.325 e. The topological polar surface area (TPSA) is 54.0 Å². The van der Waals surface area contributed by atoms with Crippen molar-refractivity contribution in [3.05, 3.63) is 0 Å². The molecule has 6 heteroatoms. The van der Waals surface area contributed by atoms with Crippen LogP contribution in [0, 0.1) is 11.8 Å². The highest BCUT2D eigenvalue weighted by molar-refractivity contribution is 5.76. The molecule has 0 aromatic carbocycles. The molecule has 0 unspecified atom stereocenters. The Kier molecular flexibility index (Phi) is 6.96. The summed E-state index contributed by atoms with van der Waals surface area (Å²) >= 11 is 0. The van der Waals surface area contributed by atoms with E-state index >= 15 is 0 Å². The molecule has 0 aliphatic carbocycles. The molecule has 0 aromatic rings. The Labute approximate surface area is 126 Å². The summed E-state index contributed by atoms with van der Waals surface area (Å²) in [6, 6.07) is -0.313. The maximum atomic E-state index is 11.9. The Bertz CT molecular complexity index is 385. The number of piperazine rings is 1. The van der Waals surface area contributed by atoms with Crippen LogP contribution in [0.5, 0.6) is 0 Å². The predicted octanol–water partition coefficient (Wildman–Crippen LogP) is -0.841. The van der Waals surface area contributed by atoms with E-state index in [9.17, 15) is 4.79 Å². The largest absolute Gasteiger partial charge is 0.465 e. The van der Waals surface area contributed by atoms with Crippen molar-refractivity contribution < 1.29 is 14.3 Å². The van der Waals surface area contributed by atoms with Gasteiger partial charge in [-0.1, -0.05) is 11.8 Å². The summed E-state index contributed by atoms with van der Waals surface area (Å²) in [4.78, 5) is 16.3. The lowest BCUT2D eigenvalue weighted by Crippen LogP contribution is -2.50. The Morgan fingerprint density at radius 2 is 2.05 bits per heavy atom. The van der Waals surface area contributed by atoms with Gasteiger partial charge in [-0.2, -0.15) is 0 Å². The van der Waals surface area contributed by atoms with E-state index in [-0.39, 0.29) is 12.0 Å². The number of hydrogen-bond acceptors (Lipinski definition) is 6. The summed E-state index contributed by atoms with van der Waals surface area (Å²) in [5, 5.41) is 3.32. The lowest BCUT2D eigenvalue weighted by atomic mass is 10.2. The third-order valence-corrected chi connectivity index (χ3v) is 3.72. The second-order valence-electron chi connectivity index (χ2n) is 5.19. The third-order valence-electron chi connectivity index (χ3n) is 3.72. The van der Waals surface area contributed by atoms with Gasteiger partial charge in [0.2, 0.25) is 0 Å². The number of carbonyl (C=O) groups is 1. The van der Waals surface area contributed by atoms with Gasteiger partial charge in [0.05, 0.1) is 32.9 Å². The van der Waals surface area contributed by atoms with Gasteiger partial charge in [-0.05, 0) is 6.92 Å². The quantitative estimate of drug-likeness (QED) is 0.539. The fourth-order valence-electron chi connectivity index (χ4n) is 2.48. The standard InChI is InChI=1S/C15H25N3O3/c1-2-21-15(19)14-13-20-12-11-18(14)8-4-3-7-17-9-5-16-6-10-17/h14,16H,2,5-13H2,1H3/t14-/m0/s1. The van der Waals surface area contributed by atoms with Gasteiger partial charge in [0.15, 0.2) is 0 Å². The first-order valence-corrected chi connectivity index (χ1v) is 7.68. The lowest BCUT2D eigenvalue weighted by Gasteiger charge is -2.32. The number of ether oxygens (including phenoxy) is 2. The van der Waals surface area contributed by atoms with Crippen molar-refractivity contribution in [2.24, 2.45) is 0 Å². The number of morpholine rings is 1. The first-order valence-electron chi connectivity index (χ1n) is 7.68. The first kappa shape index (κ1) is 16.2. The second kappa shape index (κ2) is 9.00. The average molecular weight is 295 g/mol. The second-order valence-corrected chi connectivity index (χ2v) is 5.19. The average Bonchev–Trinajstić information content (AvgIpc) is 2.53. The van der Waals surface area contributed by atoms with Crippen LogP contribution in [0.3, 0.4) is 0 Å². The smallest absolute Gasteiger partial charge is 0.325 e. The van der Waals surface area contributed by atoms with Crippen LogP contribution in [-0.2, 0) is 14.3 Å². The fourth-order valence-corrected chi connectivity index (χ4v) is 2.48. The Hall–Kier alpha value is -1.13. The molecular formula is C15H25N3O3. The SMILES string of the molecule is CCOC(=O)[C@@H]1COCCN1CC#CCN1CCNCC1. The fraction of sp³-hybridized carbons (Fsp3) is 0.800. The van der Waals surface area contributed by atoms with Gasteiger partial charge in [-0.15, -0.1) is 0 Å². The first-order chi connectivity index (χ1) is 10.3. The van der Waals surface area contributed by atoms with Gasteiger partial charge < -0.3 is 14.8 Å². The van der Waals surface area contributed by atoms with E-state index in [4.69, 9.17) is 9.47 Å². The number of rotatable bonds is 4. The summed E-state index contributed by atoms with van der Waals surface area (Å²) < 4.78 is 10.5. The number of nitrogens with one attached hydrogen (secondary N) is 1. The van der Waals surface area contributed by atoms with Crippen molar-refractivity contribution in [3.8, 4) is 11.8 Å². The number of esters is 1. The molecule has 2 fully saturated rings. The molecule has 0 saturated carbocycles. The Morgan fingerprint density at radius 3 is 2.81 bits per heavy atom. The molecule has 0 bridgehead atoms. The van der Waals surface area contributed by atoms with Crippen LogP contribution >= 0.6 is 0 Å². The predicted molar refractivity (Wildman–Crippen MR) is 79.9 cm³/mol. The van der Waals surface area contributed by atoms with Crippen LogP contribution < -0.4 is 5.32 Å². The van der Waals surface area contributed by atoms with Gasteiger partial charge in [0.1, 0.15) is 6.04 Å². The van der Waals surface area contributed by atoms with Crippen LogP contribution in [0.2, 0.25) is 0 Å². The highest BCUT2D eigenvalue weighted by atomic mass is 16.5. The van der Waals surface area contributed by atoms with Gasteiger partial charge in [-0.3, -0.25) is 14.6 Å². The summed E-state index contributed by atoms with van der Waals surface area (Å²) in [5.74, 6) is 6.18. The van der Waals surface area contributed by atoms with E-state index in [2.05, 4.69) is 22.1 Å². The molecule has 1 N–H and O–H groups in total. The van der Waals surface area contributed by atoms with E-state index in [1.54, 1.807) is 0 Å². The van der Waals surface area contributed by atoms with Crippen molar-refractivity contribution >= 4 is 5.97 Å². The van der Waals surface area contributed by atoms with Crippen molar-refractivity contribution in [2.45, 2.75) is 13.0 Å². The van der Waals surface area contributed by atoms with Gasteiger partial charge in [-0.25, -0.2) is 0 Å². The van der Waals surface area contributed by atoms with Crippen LogP contribution in [0.15, 0.2) is 0 Å². The van der Waals surface area contributed by atoms with E-state index in [1.165, 1.54) is 0 Å². The highest BCUT2D eigenvalue weighted by Gasteiger charge is 2.29. The van der Waals surface area contributed by atoms with Crippen molar-refractivity contribution in [1.29, 1.82) is 0 Å². The number of carbonyl (C=O) groups excluding carboxylic acids is 1. The molecule has 1 atom stereocenters.